The minimum absolute atomic E-state index is 0.209. The van der Waals surface area contributed by atoms with Gasteiger partial charge in [0.25, 0.3) is 0 Å². The van der Waals surface area contributed by atoms with Crippen LogP contribution in [0.25, 0.3) is 0 Å². The lowest BCUT2D eigenvalue weighted by atomic mass is 10.1. The van der Waals surface area contributed by atoms with Crippen LogP contribution in [0.2, 0.25) is 0 Å². The maximum atomic E-state index is 14.3. The van der Waals surface area contributed by atoms with Gasteiger partial charge in [-0.05, 0) is 43.9 Å². The summed E-state index contributed by atoms with van der Waals surface area (Å²) in [4.78, 5) is 2.22. The van der Waals surface area contributed by atoms with Crippen molar-refractivity contribution in [2.75, 3.05) is 11.4 Å². The van der Waals surface area contributed by atoms with Crippen LogP contribution in [-0.2, 0) is 0 Å². The van der Waals surface area contributed by atoms with Gasteiger partial charge in [-0.3, -0.25) is 0 Å². The van der Waals surface area contributed by atoms with E-state index < -0.39 is 6.10 Å². The van der Waals surface area contributed by atoms with Gasteiger partial charge in [-0.1, -0.05) is 25.8 Å². The van der Waals surface area contributed by atoms with Gasteiger partial charge in [0, 0.05) is 12.6 Å². The van der Waals surface area contributed by atoms with Gasteiger partial charge in [0.15, 0.2) is 0 Å². The van der Waals surface area contributed by atoms with Gasteiger partial charge in [-0.2, -0.15) is 0 Å². The highest BCUT2D eigenvalue weighted by Gasteiger charge is 2.22. The lowest BCUT2D eigenvalue weighted by molar-refractivity contribution is 0.199. The molecule has 19 heavy (non-hydrogen) atoms. The van der Waals surface area contributed by atoms with Crippen LogP contribution in [0.5, 0.6) is 0 Å². The molecule has 106 valence electrons. The van der Waals surface area contributed by atoms with Crippen LogP contribution in [0.1, 0.15) is 57.6 Å². The average Bonchev–Trinajstić information content (AvgIpc) is 2.63. The summed E-state index contributed by atoms with van der Waals surface area (Å²) in [5.74, 6) is -0.209. The van der Waals surface area contributed by atoms with E-state index in [2.05, 4.69) is 11.8 Å². The van der Waals surface area contributed by atoms with Crippen molar-refractivity contribution in [3.63, 3.8) is 0 Å². The number of aliphatic hydroxyl groups is 1. The molecule has 1 saturated heterocycles. The van der Waals surface area contributed by atoms with Crippen molar-refractivity contribution in [3.8, 4) is 0 Å². The van der Waals surface area contributed by atoms with E-state index in [1.807, 2.05) is 12.1 Å². The summed E-state index contributed by atoms with van der Waals surface area (Å²) in [5.41, 5.74) is 1.34. The minimum atomic E-state index is -0.616. The van der Waals surface area contributed by atoms with Gasteiger partial charge in [-0.25, -0.2) is 4.39 Å². The molecule has 2 rings (SSSR count). The molecule has 0 aliphatic carbocycles. The second-order valence-electron chi connectivity index (χ2n) is 5.49. The molecule has 2 nitrogen and oxygen atoms in total. The van der Waals surface area contributed by atoms with E-state index >= 15 is 0 Å². The maximum absolute atomic E-state index is 14.3. The molecular formula is C16H24FNO. The van der Waals surface area contributed by atoms with Crippen LogP contribution in [-0.4, -0.2) is 17.7 Å². The van der Waals surface area contributed by atoms with Crippen molar-refractivity contribution in [1.82, 2.24) is 0 Å². The first-order chi connectivity index (χ1) is 9.13. The molecule has 3 heteroatoms. The zero-order chi connectivity index (χ0) is 13.8. The van der Waals surface area contributed by atoms with E-state index in [1.165, 1.54) is 18.9 Å². The first-order valence-corrected chi connectivity index (χ1v) is 7.37. The summed E-state index contributed by atoms with van der Waals surface area (Å²) in [6.45, 7) is 4.77. The summed E-state index contributed by atoms with van der Waals surface area (Å²) in [7, 11) is 0. The largest absolute Gasteiger partial charge is 0.389 e. The van der Waals surface area contributed by atoms with Crippen LogP contribution in [0.3, 0.4) is 0 Å². The molecule has 1 N–H and O–H groups in total. The molecule has 2 atom stereocenters. The molecule has 0 bridgehead atoms. The summed E-state index contributed by atoms with van der Waals surface area (Å²) >= 11 is 0. The Bertz CT molecular complexity index is 419. The molecule has 0 radical (unpaired) electrons. The number of halogens is 1. The highest BCUT2D eigenvalue weighted by molar-refractivity contribution is 5.50. The standard InChI is InChI=1S/C16H24FNO/c1-3-14-7-5-4-6-10-18(14)16-9-8-13(12(2)19)11-15(16)17/h8-9,11-12,14,19H,3-7,10H2,1-2H3. The van der Waals surface area contributed by atoms with Crippen molar-refractivity contribution >= 4 is 5.69 Å². The smallest absolute Gasteiger partial charge is 0.146 e. The Morgan fingerprint density at radius 3 is 2.79 bits per heavy atom. The summed E-state index contributed by atoms with van der Waals surface area (Å²) in [6, 6.07) is 5.57. The summed E-state index contributed by atoms with van der Waals surface area (Å²) in [5, 5.41) is 9.51. The summed E-state index contributed by atoms with van der Waals surface area (Å²) in [6.07, 6.45) is 5.19. The molecule has 1 aromatic rings. The number of rotatable bonds is 3. The van der Waals surface area contributed by atoms with Crippen molar-refractivity contribution in [2.24, 2.45) is 0 Å². The number of aliphatic hydroxyl groups excluding tert-OH is 1. The molecule has 1 heterocycles. The molecular weight excluding hydrogens is 241 g/mol. The Kier molecular flexibility index (Phi) is 4.81. The van der Waals surface area contributed by atoms with E-state index in [0.717, 1.165) is 25.8 Å². The third-order valence-corrected chi connectivity index (χ3v) is 4.11. The van der Waals surface area contributed by atoms with E-state index in [-0.39, 0.29) is 5.82 Å². The van der Waals surface area contributed by atoms with Gasteiger partial charge in [0.2, 0.25) is 0 Å². The van der Waals surface area contributed by atoms with Crippen molar-refractivity contribution in [3.05, 3.63) is 29.6 Å². The fourth-order valence-corrected chi connectivity index (χ4v) is 2.93. The molecule has 1 aromatic carbocycles. The Labute approximate surface area is 115 Å². The highest BCUT2D eigenvalue weighted by atomic mass is 19.1. The Balaban J connectivity index is 2.28. The zero-order valence-electron chi connectivity index (χ0n) is 11.9. The van der Waals surface area contributed by atoms with Crippen molar-refractivity contribution in [1.29, 1.82) is 0 Å². The van der Waals surface area contributed by atoms with Gasteiger partial charge in [-0.15, -0.1) is 0 Å². The Hall–Kier alpha value is -1.09. The molecule has 1 aliphatic rings. The van der Waals surface area contributed by atoms with E-state index in [0.29, 0.717) is 17.3 Å². The number of anilines is 1. The second kappa shape index (κ2) is 6.38. The molecule has 1 aliphatic heterocycles. The number of nitrogens with zero attached hydrogens (tertiary/aromatic N) is 1. The first kappa shape index (κ1) is 14.3. The van der Waals surface area contributed by atoms with Crippen molar-refractivity contribution < 1.29 is 9.50 Å². The minimum Gasteiger partial charge on any atom is -0.389 e. The average molecular weight is 265 g/mol. The third-order valence-electron chi connectivity index (χ3n) is 4.11. The predicted molar refractivity (Wildman–Crippen MR) is 76.9 cm³/mol. The molecule has 1 fully saturated rings. The topological polar surface area (TPSA) is 23.5 Å². The van der Waals surface area contributed by atoms with E-state index in [9.17, 15) is 9.50 Å². The second-order valence-corrected chi connectivity index (χ2v) is 5.49. The molecule has 0 saturated carbocycles. The maximum Gasteiger partial charge on any atom is 0.146 e. The van der Waals surface area contributed by atoms with E-state index in [1.54, 1.807) is 6.92 Å². The van der Waals surface area contributed by atoms with Gasteiger partial charge in [0.1, 0.15) is 5.82 Å². The van der Waals surface area contributed by atoms with Gasteiger partial charge < -0.3 is 10.0 Å². The van der Waals surface area contributed by atoms with E-state index in [4.69, 9.17) is 0 Å². The normalized spacial score (nSPS) is 22.1. The molecule has 0 amide bonds. The Morgan fingerprint density at radius 2 is 2.16 bits per heavy atom. The van der Waals surface area contributed by atoms with Crippen LogP contribution in [0, 0.1) is 5.82 Å². The molecule has 0 aromatic heterocycles. The monoisotopic (exact) mass is 265 g/mol. The lowest BCUT2D eigenvalue weighted by Crippen LogP contribution is -2.35. The van der Waals surface area contributed by atoms with Crippen LogP contribution < -0.4 is 4.90 Å². The van der Waals surface area contributed by atoms with Crippen LogP contribution in [0.15, 0.2) is 18.2 Å². The molecule has 2 unspecified atom stereocenters. The number of hydrogen-bond acceptors (Lipinski definition) is 2. The zero-order valence-corrected chi connectivity index (χ0v) is 11.9. The third kappa shape index (κ3) is 3.27. The first-order valence-electron chi connectivity index (χ1n) is 7.37. The summed E-state index contributed by atoms with van der Waals surface area (Å²) < 4.78 is 14.3. The lowest BCUT2D eigenvalue weighted by Gasteiger charge is -2.32. The van der Waals surface area contributed by atoms with Crippen molar-refractivity contribution in [2.45, 2.75) is 58.1 Å². The van der Waals surface area contributed by atoms with Crippen LogP contribution in [0.4, 0.5) is 10.1 Å². The molecule has 0 spiro atoms. The van der Waals surface area contributed by atoms with Gasteiger partial charge in [0.05, 0.1) is 11.8 Å². The fourth-order valence-electron chi connectivity index (χ4n) is 2.93. The quantitative estimate of drug-likeness (QED) is 0.891. The number of benzene rings is 1. The fraction of sp³-hybridized carbons (Fsp3) is 0.625. The predicted octanol–water partition coefficient (Wildman–Crippen LogP) is 4.04. The highest BCUT2D eigenvalue weighted by Crippen LogP contribution is 2.29. The van der Waals surface area contributed by atoms with Crippen LogP contribution >= 0.6 is 0 Å². The van der Waals surface area contributed by atoms with Gasteiger partial charge >= 0.3 is 0 Å². The Morgan fingerprint density at radius 1 is 1.37 bits per heavy atom. The SMILES string of the molecule is CCC1CCCCCN1c1ccc(C(C)O)cc1F. The number of hydrogen-bond donors (Lipinski definition) is 1.